The molecular weight excluding hydrogens is 304 g/mol. The van der Waals surface area contributed by atoms with Crippen LogP contribution in [0.25, 0.3) is 0 Å². The molecule has 1 atom stereocenters. The highest BCUT2D eigenvalue weighted by molar-refractivity contribution is 7.98. The molecule has 0 bridgehead atoms. The first-order valence-corrected chi connectivity index (χ1v) is 8.68. The summed E-state index contributed by atoms with van der Waals surface area (Å²) < 4.78 is 22.1. The maximum absolute atomic E-state index is 11.9. The molecule has 1 aliphatic rings. The monoisotopic (exact) mass is 318 g/mol. The van der Waals surface area contributed by atoms with E-state index in [1.54, 1.807) is 6.26 Å². The molecule has 110 valence electrons. The van der Waals surface area contributed by atoms with E-state index >= 15 is 0 Å². The first-order valence-electron chi connectivity index (χ1n) is 5.74. The molecule has 2 heterocycles. The fourth-order valence-corrected chi connectivity index (χ4v) is 3.37. The van der Waals surface area contributed by atoms with Gasteiger partial charge in [-0.15, -0.1) is 0 Å². The Morgan fingerprint density at radius 2 is 2.25 bits per heavy atom. The average molecular weight is 318 g/mol. The number of carbonyl (C=O) groups excluding carboxylic acids is 1. The van der Waals surface area contributed by atoms with Gasteiger partial charge >= 0.3 is 0 Å². The second kappa shape index (κ2) is 5.54. The molecule has 0 radical (unpaired) electrons. The highest BCUT2D eigenvalue weighted by atomic mass is 32.2. The molecule has 0 saturated carbocycles. The number of rotatable bonds is 4. The average Bonchev–Trinajstić information content (AvgIpc) is 2.66. The smallest absolute Gasteiger partial charge is 0.253 e. The number of carbonyl (C=O) groups is 1. The number of primary sulfonamides is 1. The van der Waals surface area contributed by atoms with Crippen molar-refractivity contribution in [2.24, 2.45) is 11.1 Å². The molecule has 0 aliphatic carbocycles. The van der Waals surface area contributed by atoms with Crippen molar-refractivity contribution in [1.29, 1.82) is 0 Å². The van der Waals surface area contributed by atoms with E-state index in [1.165, 1.54) is 22.7 Å². The number of nitrogens with one attached hydrogen (secondary N) is 1. The highest BCUT2D eigenvalue weighted by Gasteiger charge is 2.33. The van der Waals surface area contributed by atoms with Gasteiger partial charge in [-0.05, 0) is 6.26 Å². The number of sulfonamides is 1. The Morgan fingerprint density at radius 3 is 2.85 bits per heavy atom. The summed E-state index contributed by atoms with van der Waals surface area (Å²) >= 11 is 1.25. The number of H-pyrrole nitrogens is 1. The van der Waals surface area contributed by atoms with E-state index in [0.29, 0.717) is 5.16 Å². The molecule has 1 saturated heterocycles. The Morgan fingerprint density at radius 1 is 1.55 bits per heavy atom. The van der Waals surface area contributed by atoms with Gasteiger partial charge < -0.3 is 4.98 Å². The van der Waals surface area contributed by atoms with E-state index < -0.39 is 10.0 Å². The van der Waals surface area contributed by atoms with Gasteiger partial charge in [0.1, 0.15) is 5.82 Å². The van der Waals surface area contributed by atoms with Crippen LogP contribution in [0.1, 0.15) is 6.42 Å². The third kappa shape index (κ3) is 3.58. The van der Waals surface area contributed by atoms with Gasteiger partial charge in [-0.2, -0.15) is 0 Å². The van der Waals surface area contributed by atoms with E-state index in [4.69, 9.17) is 5.14 Å². The maximum atomic E-state index is 11.9. The number of anilines is 1. The van der Waals surface area contributed by atoms with Gasteiger partial charge in [-0.1, -0.05) is 11.8 Å². The summed E-state index contributed by atoms with van der Waals surface area (Å²) in [4.78, 5) is 31.4. The lowest BCUT2D eigenvalue weighted by Crippen LogP contribution is -2.29. The van der Waals surface area contributed by atoms with Crippen LogP contribution in [-0.2, 0) is 14.8 Å². The lowest BCUT2D eigenvalue weighted by molar-refractivity contribution is -0.117. The van der Waals surface area contributed by atoms with Gasteiger partial charge in [0.15, 0.2) is 5.16 Å². The van der Waals surface area contributed by atoms with Crippen LogP contribution in [0.2, 0.25) is 0 Å². The molecule has 0 spiro atoms. The van der Waals surface area contributed by atoms with Crippen LogP contribution >= 0.6 is 11.8 Å². The largest absolute Gasteiger partial charge is 0.301 e. The second-order valence-electron chi connectivity index (χ2n) is 4.52. The first kappa shape index (κ1) is 15.0. The number of amides is 1. The molecular formula is C10H14N4O4S2. The second-order valence-corrected chi connectivity index (χ2v) is 6.97. The number of aromatic amines is 1. The van der Waals surface area contributed by atoms with Crippen molar-refractivity contribution in [1.82, 2.24) is 9.97 Å². The summed E-state index contributed by atoms with van der Waals surface area (Å²) in [5.41, 5.74) is -0.359. The zero-order valence-electron chi connectivity index (χ0n) is 10.7. The van der Waals surface area contributed by atoms with Gasteiger partial charge in [-0.3, -0.25) is 14.5 Å². The minimum Gasteiger partial charge on any atom is -0.301 e. The quantitative estimate of drug-likeness (QED) is 0.549. The predicted molar refractivity (Wildman–Crippen MR) is 75.1 cm³/mol. The summed E-state index contributed by atoms with van der Waals surface area (Å²) in [6, 6.07) is 1.22. The normalized spacial score (nSPS) is 19.6. The number of hydrogen-bond donors (Lipinski definition) is 2. The molecule has 1 unspecified atom stereocenters. The number of aromatic nitrogens is 2. The van der Waals surface area contributed by atoms with Crippen LogP contribution in [0.3, 0.4) is 0 Å². The van der Waals surface area contributed by atoms with Crippen LogP contribution in [0, 0.1) is 5.92 Å². The molecule has 1 aliphatic heterocycles. The van der Waals surface area contributed by atoms with Crippen molar-refractivity contribution in [3.8, 4) is 0 Å². The van der Waals surface area contributed by atoms with Crippen molar-refractivity contribution >= 4 is 33.5 Å². The fourth-order valence-electron chi connectivity index (χ4n) is 2.10. The molecule has 20 heavy (non-hydrogen) atoms. The minimum absolute atomic E-state index is 0.0828. The van der Waals surface area contributed by atoms with Gasteiger partial charge in [0.2, 0.25) is 15.9 Å². The third-order valence-electron chi connectivity index (χ3n) is 2.85. The summed E-state index contributed by atoms with van der Waals surface area (Å²) in [6.45, 7) is 0.194. The molecule has 1 fully saturated rings. The number of nitrogens with zero attached hydrogens (tertiary/aromatic N) is 2. The molecule has 1 aromatic rings. The SMILES string of the molecule is CSc1nc(N2CC(CS(N)(=O)=O)CC2=O)cc(=O)[nH]1. The van der Waals surface area contributed by atoms with E-state index in [1.807, 2.05) is 0 Å². The van der Waals surface area contributed by atoms with Gasteiger partial charge in [-0.25, -0.2) is 18.5 Å². The van der Waals surface area contributed by atoms with Gasteiger partial charge in [0.25, 0.3) is 5.56 Å². The van der Waals surface area contributed by atoms with E-state index in [9.17, 15) is 18.0 Å². The third-order valence-corrected chi connectivity index (χ3v) is 4.37. The van der Waals surface area contributed by atoms with Crippen molar-refractivity contribution < 1.29 is 13.2 Å². The summed E-state index contributed by atoms with van der Waals surface area (Å²) in [6.07, 6.45) is 1.83. The van der Waals surface area contributed by atoms with E-state index in [2.05, 4.69) is 9.97 Å². The number of hydrogen-bond acceptors (Lipinski definition) is 6. The summed E-state index contributed by atoms with van der Waals surface area (Å²) in [5.74, 6) is -0.659. The Hall–Kier alpha value is -1.39. The van der Waals surface area contributed by atoms with Crippen LogP contribution < -0.4 is 15.6 Å². The lowest BCUT2D eigenvalue weighted by Gasteiger charge is -2.15. The molecule has 3 N–H and O–H groups in total. The number of thioether (sulfide) groups is 1. The molecule has 10 heteroatoms. The van der Waals surface area contributed by atoms with Crippen molar-refractivity contribution in [3.63, 3.8) is 0 Å². The predicted octanol–water partition coefficient (Wildman–Crippen LogP) is -0.867. The van der Waals surface area contributed by atoms with Crippen LogP contribution in [0.4, 0.5) is 5.82 Å². The molecule has 8 nitrogen and oxygen atoms in total. The van der Waals surface area contributed by atoms with Crippen LogP contribution in [-0.4, -0.2) is 42.8 Å². The fraction of sp³-hybridized carbons (Fsp3) is 0.500. The standard InChI is InChI=1S/C10H14N4O4S2/c1-19-10-12-7(3-8(15)13-10)14-4-6(2-9(14)16)5-20(11,17)18/h3,6H,2,4-5H2,1H3,(H2,11,17,18)(H,12,13,15). The Bertz CT molecular complexity index is 685. The molecule has 0 aromatic carbocycles. The molecule has 1 aromatic heterocycles. The Balaban J connectivity index is 2.24. The number of nitrogens with two attached hydrogens (primary N) is 1. The summed E-state index contributed by atoms with van der Waals surface area (Å²) in [7, 11) is -3.63. The van der Waals surface area contributed by atoms with Crippen molar-refractivity contribution in [3.05, 3.63) is 16.4 Å². The van der Waals surface area contributed by atoms with Crippen LogP contribution in [0.15, 0.2) is 16.0 Å². The van der Waals surface area contributed by atoms with Crippen LogP contribution in [0.5, 0.6) is 0 Å². The first-order chi connectivity index (χ1) is 9.28. The zero-order valence-corrected chi connectivity index (χ0v) is 12.3. The molecule has 2 rings (SSSR count). The minimum atomic E-state index is -3.63. The Labute approximate surface area is 119 Å². The van der Waals surface area contributed by atoms with E-state index in [-0.39, 0.29) is 41.9 Å². The van der Waals surface area contributed by atoms with Gasteiger partial charge in [0.05, 0.1) is 5.75 Å². The Kier molecular flexibility index (Phi) is 4.16. The highest BCUT2D eigenvalue weighted by Crippen LogP contribution is 2.24. The van der Waals surface area contributed by atoms with Crippen molar-refractivity contribution in [2.45, 2.75) is 11.6 Å². The van der Waals surface area contributed by atoms with Gasteiger partial charge in [0, 0.05) is 24.9 Å². The lowest BCUT2D eigenvalue weighted by atomic mass is 10.1. The zero-order chi connectivity index (χ0) is 14.9. The van der Waals surface area contributed by atoms with E-state index in [0.717, 1.165) is 0 Å². The summed E-state index contributed by atoms with van der Waals surface area (Å²) in [5, 5.41) is 5.38. The maximum Gasteiger partial charge on any atom is 0.253 e. The molecule has 1 amide bonds. The van der Waals surface area contributed by atoms with Crippen molar-refractivity contribution in [2.75, 3.05) is 23.5 Å². The topological polar surface area (TPSA) is 126 Å².